The third-order valence-corrected chi connectivity index (χ3v) is 0.885. The SMILES string of the molecule is CC(C)(C)[O-].Cc1cc[c-]cc1.[Mg+2]. The molecule has 0 N–H and O–H groups in total. The van der Waals surface area contributed by atoms with Gasteiger partial charge in [0.25, 0.3) is 0 Å². The number of hydrogen-bond donors (Lipinski definition) is 0. The van der Waals surface area contributed by atoms with Crippen LogP contribution < -0.4 is 5.11 Å². The molecule has 2 heteroatoms. The van der Waals surface area contributed by atoms with Gasteiger partial charge in [0.1, 0.15) is 0 Å². The van der Waals surface area contributed by atoms with Crippen molar-refractivity contribution in [2.24, 2.45) is 0 Å². The van der Waals surface area contributed by atoms with E-state index >= 15 is 0 Å². The number of rotatable bonds is 0. The van der Waals surface area contributed by atoms with Gasteiger partial charge < -0.3 is 5.11 Å². The van der Waals surface area contributed by atoms with Crippen LogP contribution in [0.5, 0.6) is 0 Å². The van der Waals surface area contributed by atoms with Crippen LogP contribution in [0.2, 0.25) is 0 Å². The zero-order valence-electron chi connectivity index (χ0n) is 8.92. The molecule has 0 radical (unpaired) electrons. The Balaban J connectivity index is 0. The van der Waals surface area contributed by atoms with Crippen molar-refractivity contribution < 1.29 is 5.11 Å². The van der Waals surface area contributed by atoms with Crippen LogP contribution in [0.4, 0.5) is 0 Å². The topological polar surface area (TPSA) is 23.1 Å². The molecule has 1 aromatic rings. The average molecular weight is 189 g/mol. The molecular weight excluding hydrogens is 172 g/mol. The predicted octanol–water partition coefficient (Wildman–Crippen LogP) is 1.56. The fraction of sp³-hybridized carbons (Fsp3) is 0.455. The van der Waals surface area contributed by atoms with Crippen LogP contribution >= 0.6 is 0 Å². The van der Waals surface area contributed by atoms with Crippen molar-refractivity contribution in [3.8, 4) is 0 Å². The Bertz CT molecular complexity index is 195. The van der Waals surface area contributed by atoms with Gasteiger partial charge in [-0.3, -0.25) is 0 Å². The maximum Gasteiger partial charge on any atom is 2.00 e. The van der Waals surface area contributed by atoms with E-state index in [4.69, 9.17) is 0 Å². The van der Waals surface area contributed by atoms with Crippen LogP contribution in [-0.2, 0) is 0 Å². The van der Waals surface area contributed by atoms with Crippen molar-refractivity contribution in [3.63, 3.8) is 0 Å². The fourth-order valence-electron chi connectivity index (χ4n) is 0.470. The van der Waals surface area contributed by atoms with Gasteiger partial charge in [-0.15, -0.1) is 5.60 Å². The normalized spacial score (nSPS) is 9.31. The molecule has 1 rings (SSSR count). The van der Waals surface area contributed by atoms with Gasteiger partial charge in [0, 0.05) is 0 Å². The van der Waals surface area contributed by atoms with E-state index in [1.54, 1.807) is 20.8 Å². The molecule has 68 valence electrons. The molecule has 0 aliphatic heterocycles. The van der Waals surface area contributed by atoms with E-state index in [1.165, 1.54) is 5.56 Å². The Hall–Kier alpha value is -0.0538. The molecule has 13 heavy (non-hydrogen) atoms. The van der Waals surface area contributed by atoms with Crippen molar-refractivity contribution in [1.29, 1.82) is 0 Å². The minimum absolute atomic E-state index is 0. The Morgan fingerprint density at radius 3 is 1.62 bits per heavy atom. The van der Waals surface area contributed by atoms with E-state index in [0.29, 0.717) is 0 Å². The summed E-state index contributed by atoms with van der Waals surface area (Å²) in [5.74, 6) is 0. The second kappa shape index (κ2) is 7.36. The molecule has 0 unspecified atom stereocenters. The Labute approximate surface area is 97.3 Å². The van der Waals surface area contributed by atoms with Gasteiger partial charge in [-0.2, -0.15) is 35.9 Å². The maximum absolute atomic E-state index is 10.1. The molecule has 0 saturated heterocycles. The molecule has 0 saturated carbocycles. The Morgan fingerprint density at radius 2 is 1.46 bits per heavy atom. The summed E-state index contributed by atoms with van der Waals surface area (Å²) < 4.78 is 0. The van der Waals surface area contributed by atoms with Crippen LogP contribution in [0.3, 0.4) is 0 Å². The van der Waals surface area contributed by atoms with Gasteiger partial charge in [-0.05, 0) is 0 Å². The van der Waals surface area contributed by atoms with Crippen molar-refractivity contribution in [1.82, 2.24) is 0 Å². The fourth-order valence-corrected chi connectivity index (χ4v) is 0.470. The molecular formula is C11H16MgO. The zero-order valence-corrected chi connectivity index (χ0v) is 10.3. The third-order valence-electron chi connectivity index (χ3n) is 0.885. The molecule has 0 amide bonds. The number of aryl methyl sites for hydroxylation is 1. The maximum atomic E-state index is 10.1. The molecule has 0 bridgehead atoms. The van der Waals surface area contributed by atoms with E-state index in [9.17, 15) is 5.11 Å². The van der Waals surface area contributed by atoms with Crippen LogP contribution in [0, 0.1) is 13.0 Å². The van der Waals surface area contributed by atoms with E-state index in [2.05, 4.69) is 13.0 Å². The Kier molecular flexibility index (Phi) is 8.73. The summed E-state index contributed by atoms with van der Waals surface area (Å²) >= 11 is 0. The van der Waals surface area contributed by atoms with Crippen molar-refractivity contribution in [2.45, 2.75) is 33.3 Å². The van der Waals surface area contributed by atoms with E-state index in [1.807, 2.05) is 24.3 Å². The second-order valence-corrected chi connectivity index (χ2v) is 3.69. The first kappa shape index (κ1) is 15.4. The summed E-state index contributed by atoms with van der Waals surface area (Å²) in [5, 5.41) is 10.1. The van der Waals surface area contributed by atoms with E-state index in [-0.39, 0.29) is 23.1 Å². The van der Waals surface area contributed by atoms with E-state index in [0.717, 1.165) is 0 Å². The van der Waals surface area contributed by atoms with Crippen LogP contribution in [0.15, 0.2) is 24.3 Å². The second-order valence-electron chi connectivity index (χ2n) is 3.69. The predicted molar refractivity (Wildman–Crippen MR) is 55.5 cm³/mol. The monoisotopic (exact) mass is 188 g/mol. The summed E-state index contributed by atoms with van der Waals surface area (Å²) in [4.78, 5) is 0. The van der Waals surface area contributed by atoms with Crippen molar-refractivity contribution in [2.75, 3.05) is 0 Å². The molecule has 0 aliphatic rings. The van der Waals surface area contributed by atoms with Crippen LogP contribution in [0.25, 0.3) is 0 Å². The summed E-state index contributed by atoms with van der Waals surface area (Å²) in [6.45, 7) is 6.96. The van der Waals surface area contributed by atoms with Gasteiger partial charge in [0.2, 0.25) is 0 Å². The minimum atomic E-state index is -0.750. The van der Waals surface area contributed by atoms with Gasteiger partial charge >= 0.3 is 23.1 Å². The smallest absolute Gasteiger partial charge is 0.850 e. The molecule has 0 heterocycles. The van der Waals surface area contributed by atoms with Gasteiger partial charge in [-0.25, -0.2) is 0 Å². The minimum Gasteiger partial charge on any atom is -0.850 e. The zero-order chi connectivity index (χ0) is 9.61. The molecule has 1 aromatic carbocycles. The first-order chi connectivity index (χ1) is 5.39. The first-order valence-corrected chi connectivity index (χ1v) is 4.03. The molecule has 0 aliphatic carbocycles. The Morgan fingerprint density at radius 1 is 1.15 bits per heavy atom. The molecule has 0 atom stereocenters. The van der Waals surface area contributed by atoms with Crippen molar-refractivity contribution in [3.05, 3.63) is 35.9 Å². The largest absolute Gasteiger partial charge is 2.00 e. The molecule has 1 nitrogen and oxygen atoms in total. The van der Waals surface area contributed by atoms with Crippen LogP contribution in [0.1, 0.15) is 26.3 Å². The van der Waals surface area contributed by atoms with Crippen molar-refractivity contribution >= 4 is 23.1 Å². The van der Waals surface area contributed by atoms with Gasteiger partial charge in [0.15, 0.2) is 0 Å². The van der Waals surface area contributed by atoms with Gasteiger partial charge in [0.05, 0.1) is 0 Å². The molecule has 0 aromatic heterocycles. The summed E-state index contributed by atoms with van der Waals surface area (Å²) in [6.07, 6.45) is 0. The number of hydrogen-bond acceptors (Lipinski definition) is 1. The number of benzene rings is 1. The standard InChI is InChI=1S/C7H7.C4H9O.Mg/c1-7-5-3-2-4-6-7;1-4(2,3)5;/h3-6H,1H3;1-3H3;/q2*-1;+2. The average Bonchev–Trinajstić information content (AvgIpc) is 1.85. The van der Waals surface area contributed by atoms with E-state index < -0.39 is 5.60 Å². The molecule has 0 fully saturated rings. The quantitative estimate of drug-likeness (QED) is 0.448. The summed E-state index contributed by atoms with van der Waals surface area (Å²) in [5.41, 5.74) is 0.541. The summed E-state index contributed by atoms with van der Waals surface area (Å²) in [7, 11) is 0. The molecule has 0 spiro atoms. The van der Waals surface area contributed by atoms with Gasteiger partial charge in [-0.1, -0.05) is 27.7 Å². The first-order valence-electron chi connectivity index (χ1n) is 4.03. The van der Waals surface area contributed by atoms with Crippen LogP contribution in [-0.4, -0.2) is 28.7 Å². The summed E-state index contributed by atoms with van der Waals surface area (Å²) in [6, 6.07) is 10.8. The third kappa shape index (κ3) is 18.7.